The van der Waals surface area contributed by atoms with Crippen molar-refractivity contribution in [2.75, 3.05) is 36.3 Å². The van der Waals surface area contributed by atoms with Crippen molar-refractivity contribution in [3.05, 3.63) is 41.8 Å². The predicted octanol–water partition coefficient (Wildman–Crippen LogP) is 5.44. The van der Waals surface area contributed by atoms with E-state index in [1.54, 1.807) is 12.1 Å². The average Bonchev–Trinajstić information content (AvgIpc) is 3.00. The number of alkyl halides is 3. The van der Waals surface area contributed by atoms with Crippen molar-refractivity contribution < 1.29 is 36.5 Å². The lowest BCUT2D eigenvalue weighted by Crippen LogP contribution is -2.57. The third-order valence-corrected chi connectivity index (χ3v) is 9.10. The molecule has 0 bridgehead atoms. The van der Waals surface area contributed by atoms with Crippen LogP contribution in [0.2, 0.25) is 0 Å². The van der Waals surface area contributed by atoms with Crippen LogP contribution in [0.5, 0.6) is 11.5 Å². The molecule has 2 fully saturated rings. The number of likely N-dealkylation sites (tertiary alicyclic amines) is 1. The third kappa shape index (κ3) is 6.30. The van der Waals surface area contributed by atoms with E-state index in [4.69, 9.17) is 4.74 Å². The highest BCUT2D eigenvalue weighted by molar-refractivity contribution is 8.23. The fourth-order valence-corrected chi connectivity index (χ4v) is 7.25. The molecule has 39 heavy (non-hydrogen) atoms. The topological polar surface area (TPSA) is 105 Å². The van der Waals surface area contributed by atoms with Crippen LogP contribution >= 0.6 is 11.0 Å². The summed E-state index contributed by atoms with van der Waals surface area (Å²) < 4.78 is 84.0. The number of benzene rings is 1. The maximum Gasteiger partial charge on any atom is 0.405 e. The number of hydrogen-bond donors (Lipinski definition) is 4. The largest absolute Gasteiger partial charge is 0.504 e. The molecule has 1 spiro atoms. The number of ether oxygens (including phenoxy) is 1. The van der Waals surface area contributed by atoms with Crippen molar-refractivity contribution in [2.24, 2.45) is 0 Å². The van der Waals surface area contributed by atoms with Gasteiger partial charge in [-0.05, 0) is 62.3 Å². The summed E-state index contributed by atoms with van der Waals surface area (Å²) in [6.07, 6.45) is -3.02. The molecular weight excluding hydrogens is 542 g/mol. The van der Waals surface area contributed by atoms with Crippen LogP contribution < -0.4 is 14.4 Å². The quantitative estimate of drug-likeness (QED) is 0.320. The Morgan fingerprint density at radius 1 is 1.26 bits per heavy atom. The Morgan fingerprint density at radius 3 is 2.62 bits per heavy atom. The Hall–Kier alpha value is -2.52. The van der Waals surface area contributed by atoms with E-state index in [0.29, 0.717) is 31.7 Å². The van der Waals surface area contributed by atoms with E-state index in [9.17, 15) is 31.8 Å². The van der Waals surface area contributed by atoms with Gasteiger partial charge in [-0.2, -0.15) is 17.5 Å². The Balaban J connectivity index is 1.61. The van der Waals surface area contributed by atoms with Crippen LogP contribution in [0, 0.1) is 5.82 Å². The molecule has 14 heteroatoms. The van der Waals surface area contributed by atoms with Gasteiger partial charge in [-0.3, -0.25) is 14.0 Å². The normalized spacial score (nSPS) is 24.9. The predicted molar refractivity (Wildman–Crippen MR) is 142 cm³/mol. The van der Waals surface area contributed by atoms with Gasteiger partial charge in [-0.15, -0.1) is 0 Å². The molecular formula is C25H35F4N5O4S. The lowest BCUT2D eigenvalue weighted by atomic mass is 9.82. The van der Waals surface area contributed by atoms with E-state index >= 15 is 0 Å². The van der Waals surface area contributed by atoms with Gasteiger partial charge in [0.25, 0.3) is 0 Å². The summed E-state index contributed by atoms with van der Waals surface area (Å²) in [7, 11) is -2.14. The fourth-order valence-electron chi connectivity index (χ4n) is 5.41. The Labute approximate surface area is 227 Å². The number of rotatable bonds is 7. The second-order valence-electron chi connectivity index (χ2n) is 10.5. The number of nitrogens with zero attached hydrogens (tertiary/aromatic N) is 4. The van der Waals surface area contributed by atoms with Crippen molar-refractivity contribution >= 4 is 22.5 Å². The number of anilines is 2. The molecule has 2 aliphatic heterocycles. The smallest absolute Gasteiger partial charge is 0.405 e. The van der Waals surface area contributed by atoms with Gasteiger partial charge in [0.1, 0.15) is 18.0 Å². The first kappa shape index (κ1) is 29.5. The SMILES string of the molecule is CC(C)Oc1cc(CN2CC[C@@]3(C[C@@H]2C)CN(C)S(O)(O)N3c2cc(F)cnc2NCC(F)(F)F)ccc1O. The van der Waals surface area contributed by atoms with E-state index in [1.807, 2.05) is 26.8 Å². The van der Waals surface area contributed by atoms with Crippen molar-refractivity contribution in [2.45, 2.75) is 64.0 Å². The minimum Gasteiger partial charge on any atom is -0.504 e. The minimum absolute atomic E-state index is 0.0478. The van der Waals surface area contributed by atoms with Crippen LogP contribution in [0.4, 0.5) is 29.1 Å². The second kappa shape index (κ2) is 10.8. The molecule has 2 atom stereocenters. The molecule has 0 amide bonds. The van der Waals surface area contributed by atoms with Gasteiger partial charge in [0.05, 0.1) is 17.8 Å². The number of phenols is 1. The van der Waals surface area contributed by atoms with Gasteiger partial charge in [0, 0.05) is 38.8 Å². The molecule has 9 nitrogen and oxygen atoms in total. The van der Waals surface area contributed by atoms with E-state index < -0.39 is 35.0 Å². The van der Waals surface area contributed by atoms with Crippen molar-refractivity contribution in [1.82, 2.24) is 14.2 Å². The van der Waals surface area contributed by atoms with Gasteiger partial charge in [-0.1, -0.05) is 6.07 Å². The van der Waals surface area contributed by atoms with Crippen LogP contribution in [-0.4, -0.2) is 78.9 Å². The monoisotopic (exact) mass is 577 g/mol. The maximum atomic E-state index is 14.4. The maximum absolute atomic E-state index is 14.4. The molecule has 1 aromatic carbocycles. The van der Waals surface area contributed by atoms with Gasteiger partial charge < -0.3 is 15.2 Å². The number of aromatic hydroxyl groups is 1. The zero-order chi connectivity index (χ0) is 28.8. The van der Waals surface area contributed by atoms with Gasteiger partial charge >= 0.3 is 6.18 Å². The molecule has 2 aliphatic rings. The molecule has 4 N–H and O–H groups in total. The van der Waals surface area contributed by atoms with E-state index in [-0.39, 0.29) is 35.9 Å². The highest BCUT2D eigenvalue weighted by Crippen LogP contribution is 2.62. The molecule has 0 radical (unpaired) electrons. The number of aromatic nitrogens is 1. The Kier molecular flexibility index (Phi) is 8.16. The van der Waals surface area contributed by atoms with Crippen molar-refractivity contribution in [3.8, 4) is 11.5 Å². The van der Waals surface area contributed by atoms with Gasteiger partial charge in [0.2, 0.25) is 0 Å². The average molecular weight is 578 g/mol. The van der Waals surface area contributed by atoms with Crippen LogP contribution in [0.3, 0.4) is 0 Å². The van der Waals surface area contributed by atoms with Crippen LogP contribution in [0.25, 0.3) is 0 Å². The molecule has 1 aromatic heterocycles. The number of pyridine rings is 1. The molecule has 3 heterocycles. The first-order chi connectivity index (χ1) is 18.1. The van der Waals surface area contributed by atoms with E-state index in [2.05, 4.69) is 15.2 Å². The highest BCUT2D eigenvalue weighted by atomic mass is 32.3. The standard InChI is InChI=1S/C25H35F4N5O4S/c1-16(2)38-22-9-18(5-6-21(22)35)13-33-8-7-24(11-17(33)3)15-32(4)39(36,37)34(24)20-10-19(26)12-30-23(20)31-14-25(27,28)29/h5-6,9-10,12,16-17,35-37H,7-8,11,13-15H2,1-4H3,(H,30,31)/t17-,24+/m0/s1. The highest BCUT2D eigenvalue weighted by Gasteiger charge is 2.56. The Bertz CT molecular complexity index is 1190. The van der Waals surface area contributed by atoms with Gasteiger partial charge in [-0.25, -0.2) is 13.7 Å². The summed E-state index contributed by atoms with van der Waals surface area (Å²) >= 11 is 0. The molecule has 218 valence electrons. The van der Waals surface area contributed by atoms with Gasteiger partial charge in [0.15, 0.2) is 17.3 Å². The van der Waals surface area contributed by atoms with Crippen molar-refractivity contribution in [1.29, 1.82) is 0 Å². The summed E-state index contributed by atoms with van der Waals surface area (Å²) in [5.41, 5.74) is -0.101. The summed E-state index contributed by atoms with van der Waals surface area (Å²) in [4.78, 5) is 6.02. The second-order valence-corrected chi connectivity index (χ2v) is 12.5. The molecule has 2 saturated heterocycles. The fraction of sp³-hybridized carbons (Fsp3) is 0.560. The lowest BCUT2D eigenvalue weighted by molar-refractivity contribution is -0.115. The number of hydrogen-bond acceptors (Lipinski definition) is 9. The summed E-state index contributed by atoms with van der Waals surface area (Å²) in [5.74, 6) is -0.648. The molecule has 2 aromatic rings. The van der Waals surface area contributed by atoms with Crippen LogP contribution in [0.1, 0.15) is 39.2 Å². The minimum atomic E-state index is -4.55. The third-order valence-electron chi connectivity index (χ3n) is 7.06. The number of phenolic OH excluding ortho intramolecular Hbond substituents is 1. The number of piperidine rings is 1. The molecule has 0 unspecified atom stereocenters. The molecule has 0 aliphatic carbocycles. The number of likely N-dealkylation sites (N-methyl/N-ethyl adjacent to an activating group) is 1. The first-order valence-corrected chi connectivity index (χ1v) is 14.1. The summed E-state index contributed by atoms with van der Waals surface area (Å²) in [6, 6.07) is 6.08. The summed E-state index contributed by atoms with van der Waals surface area (Å²) in [5, 5.41) is 12.3. The zero-order valence-electron chi connectivity index (χ0n) is 22.2. The number of halogens is 4. The zero-order valence-corrected chi connectivity index (χ0v) is 23.1. The molecule has 4 rings (SSSR count). The Morgan fingerprint density at radius 2 is 1.97 bits per heavy atom. The lowest BCUT2D eigenvalue weighted by Gasteiger charge is -2.51. The van der Waals surface area contributed by atoms with Crippen molar-refractivity contribution in [3.63, 3.8) is 0 Å². The number of nitrogens with one attached hydrogen (secondary N) is 1. The first-order valence-electron chi connectivity index (χ1n) is 12.6. The summed E-state index contributed by atoms with van der Waals surface area (Å²) in [6.45, 7) is 5.59. The van der Waals surface area contributed by atoms with Crippen LogP contribution in [0.15, 0.2) is 30.5 Å². The van der Waals surface area contributed by atoms with Crippen LogP contribution in [-0.2, 0) is 6.54 Å². The van der Waals surface area contributed by atoms with E-state index in [0.717, 1.165) is 17.8 Å². The van der Waals surface area contributed by atoms with E-state index in [1.165, 1.54) is 15.7 Å². The molecule has 0 saturated carbocycles.